The number of hydrogen-bond acceptors (Lipinski definition) is 4. The standard InChI is InChI=1S/C22H18N2O2/c23-14-17(15-24)5-9-18-13-20(26-22-4-2-1-3-21(18)22)12-8-16-6-10-19(25)11-7-16/h1-8,10-12,18,20,25H,9,13H2. The highest BCUT2D eigenvalue weighted by Gasteiger charge is 2.26. The molecular weight excluding hydrogens is 324 g/mol. The monoisotopic (exact) mass is 342 g/mol. The van der Waals surface area contributed by atoms with E-state index < -0.39 is 0 Å². The zero-order valence-corrected chi connectivity index (χ0v) is 14.2. The maximum Gasteiger partial charge on any atom is 0.125 e. The molecular formula is C22H18N2O2. The summed E-state index contributed by atoms with van der Waals surface area (Å²) in [6.07, 6.45) is 6.99. The van der Waals surface area contributed by atoms with Gasteiger partial charge in [-0.25, -0.2) is 0 Å². The number of nitrogens with zero attached hydrogens (tertiary/aromatic N) is 2. The minimum atomic E-state index is -0.0928. The van der Waals surface area contributed by atoms with E-state index in [0.29, 0.717) is 6.42 Å². The van der Waals surface area contributed by atoms with Crippen LogP contribution in [0.2, 0.25) is 0 Å². The Bertz CT molecular complexity index is 898. The van der Waals surface area contributed by atoms with Gasteiger partial charge in [0.15, 0.2) is 0 Å². The number of aromatic hydroxyl groups is 1. The minimum Gasteiger partial charge on any atom is -0.508 e. The molecule has 0 spiro atoms. The van der Waals surface area contributed by atoms with E-state index in [1.165, 1.54) is 0 Å². The quantitative estimate of drug-likeness (QED) is 0.817. The largest absolute Gasteiger partial charge is 0.508 e. The molecule has 2 aromatic rings. The molecule has 0 bridgehead atoms. The van der Waals surface area contributed by atoms with Crippen LogP contribution in [0.4, 0.5) is 0 Å². The molecule has 4 heteroatoms. The summed E-state index contributed by atoms with van der Waals surface area (Å²) < 4.78 is 6.08. The Kier molecular flexibility index (Phi) is 5.37. The van der Waals surface area contributed by atoms with E-state index in [-0.39, 0.29) is 23.3 Å². The average Bonchev–Trinajstić information content (AvgIpc) is 2.68. The first-order valence-electron chi connectivity index (χ1n) is 8.43. The van der Waals surface area contributed by atoms with Gasteiger partial charge in [-0.1, -0.05) is 42.5 Å². The van der Waals surface area contributed by atoms with Gasteiger partial charge in [-0.15, -0.1) is 0 Å². The molecule has 0 saturated heterocycles. The zero-order chi connectivity index (χ0) is 18.4. The van der Waals surface area contributed by atoms with Crippen LogP contribution in [0.25, 0.3) is 6.08 Å². The van der Waals surface area contributed by atoms with Crippen molar-refractivity contribution in [1.29, 1.82) is 10.5 Å². The minimum absolute atomic E-state index is 0.0928. The van der Waals surface area contributed by atoms with Gasteiger partial charge >= 0.3 is 0 Å². The van der Waals surface area contributed by atoms with Crippen LogP contribution < -0.4 is 4.74 Å². The van der Waals surface area contributed by atoms with E-state index in [2.05, 4.69) is 0 Å². The number of para-hydroxylation sites is 1. The predicted molar refractivity (Wildman–Crippen MR) is 99.3 cm³/mol. The predicted octanol–water partition coefficient (Wildman–Crippen LogP) is 4.70. The highest BCUT2D eigenvalue weighted by atomic mass is 16.5. The van der Waals surface area contributed by atoms with E-state index in [1.54, 1.807) is 18.2 Å². The molecule has 4 nitrogen and oxygen atoms in total. The second-order valence-corrected chi connectivity index (χ2v) is 6.15. The molecule has 0 amide bonds. The van der Waals surface area contributed by atoms with Crippen molar-refractivity contribution in [1.82, 2.24) is 0 Å². The van der Waals surface area contributed by atoms with Crippen LogP contribution in [0.5, 0.6) is 11.5 Å². The second kappa shape index (κ2) is 8.05. The van der Waals surface area contributed by atoms with Crippen molar-refractivity contribution in [2.75, 3.05) is 0 Å². The Morgan fingerprint density at radius 2 is 1.85 bits per heavy atom. The molecule has 0 fully saturated rings. The SMILES string of the molecule is N#CC(C#N)=CCC1CC(C=Cc2ccc(O)cc2)Oc2ccccc21. The van der Waals surface area contributed by atoms with E-state index in [0.717, 1.165) is 23.3 Å². The third-order valence-electron chi connectivity index (χ3n) is 4.40. The van der Waals surface area contributed by atoms with Crippen molar-refractivity contribution < 1.29 is 9.84 Å². The number of allylic oxidation sites excluding steroid dienone is 2. The van der Waals surface area contributed by atoms with Gasteiger partial charge in [0.05, 0.1) is 0 Å². The first-order chi connectivity index (χ1) is 12.7. The molecule has 128 valence electrons. The van der Waals surface area contributed by atoms with Gasteiger partial charge in [-0.2, -0.15) is 10.5 Å². The molecule has 0 aliphatic carbocycles. The van der Waals surface area contributed by atoms with E-state index in [1.807, 2.05) is 60.7 Å². The van der Waals surface area contributed by atoms with Gasteiger partial charge in [0.2, 0.25) is 0 Å². The van der Waals surface area contributed by atoms with E-state index in [4.69, 9.17) is 15.3 Å². The number of hydrogen-bond donors (Lipinski definition) is 1. The lowest BCUT2D eigenvalue weighted by Crippen LogP contribution is -2.23. The highest BCUT2D eigenvalue weighted by molar-refractivity contribution is 5.51. The number of fused-ring (bicyclic) bond motifs is 1. The van der Waals surface area contributed by atoms with Crippen LogP contribution in [0, 0.1) is 22.7 Å². The smallest absolute Gasteiger partial charge is 0.125 e. The van der Waals surface area contributed by atoms with Crippen molar-refractivity contribution in [3.05, 3.63) is 77.4 Å². The van der Waals surface area contributed by atoms with Crippen LogP contribution in [0.3, 0.4) is 0 Å². The molecule has 1 heterocycles. The zero-order valence-electron chi connectivity index (χ0n) is 14.2. The summed E-state index contributed by atoms with van der Waals surface area (Å²) in [4.78, 5) is 0. The normalized spacial score (nSPS) is 18.2. The summed E-state index contributed by atoms with van der Waals surface area (Å²) in [5, 5.41) is 27.2. The Morgan fingerprint density at radius 1 is 1.12 bits per heavy atom. The van der Waals surface area contributed by atoms with Gasteiger partial charge < -0.3 is 9.84 Å². The molecule has 1 aliphatic rings. The van der Waals surface area contributed by atoms with Crippen molar-refractivity contribution in [3.63, 3.8) is 0 Å². The maximum absolute atomic E-state index is 9.36. The van der Waals surface area contributed by atoms with E-state index in [9.17, 15) is 5.11 Å². The first kappa shape index (κ1) is 17.3. The number of ether oxygens (including phenoxy) is 1. The highest BCUT2D eigenvalue weighted by Crippen LogP contribution is 2.39. The Labute approximate surface area is 152 Å². The molecule has 0 saturated carbocycles. The lowest BCUT2D eigenvalue weighted by molar-refractivity contribution is 0.202. The number of nitriles is 2. The first-order valence-corrected chi connectivity index (χ1v) is 8.43. The maximum atomic E-state index is 9.36. The average molecular weight is 342 g/mol. The summed E-state index contributed by atoms with van der Waals surface area (Å²) in [5.74, 6) is 1.27. The van der Waals surface area contributed by atoms with Crippen LogP contribution in [-0.2, 0) is 0 Å². The molecule has 1 aliphatic heterocycles. The summed E-state index contributed by atoms with van der Waals surface area (Å²) >= 11 is 0. The van der Waals surface area contributed by atoms with Crippen LogP contribution in [0.1, 0.15) is 29.9 Å². The third-order valence-corrected chi connectivity index (χ3v) is 4.40. The molecule has 0 aromatic heterocycles. The number of rotatable bonds is 4. The van der Waals surface area contributed by atoms with Gasteiger partial charge in [0.1, 0.15) is 35.3 Å². The fourth-order valence-electron chi connectivity index (χ4n) is 3.07. The van der Waals surface area contributed by atoms with Crippen molar-refractivity contribution >= 4 is 6.08 Å². The van der Waals surface area contributed by atoms with Gasteiger partial charge in [-0.05, 0) is 54.2 Å². The molecule has 2 atom stereocenters. The van der Waals surface area contributed by atoms with E-state index >= 15 is 0 Å². The fraction of sp³-hybridized carbons (Fsp3) is 0.182. The number of benzene rings is 2. The van der Waals surface area contributed by atoms with Gasteiger partial charge in [0.25, 0.3) is 0 Å². The molecule has 1 N–H and O–H groups in total. The van der Waals surface area contributed by atoms with Crippen LogP contribution in [-0.4, -0.2) is 11.2 Å². The summed E-state index contributed by atoms with van der Waals surface area (Å²) in [7, 11) is 0. The number of phenolic OH excluding ortho intramolecular Hbond substituents is 1. The lowest BCUT2D eigenvalue weighted by atomic mass is 9.86. The second-order valence-electron chi connectivity index (χ2n) is 6.15. The summed E-state index contributed by atoms with van der Waals surface area (Å²) in [5.41, 5.74) is 2.23. The number of phenols is 1. The van der Waals surface area contributed by atoms with Crippen molar-refractivity contribution in [2.24, 2.45) is 0 Å². The molecule has 26 heavy (non-hydrogen) atoms. The summed E-state index contributed by atoms with van der Waals surface area (Å²) in [6, 6.07) is 18.7. The molecule has 0 radical (unpaired) electrons. The van der Waals surface area contributed by atoms with Crippen LogP contribution >= 0.6 is 0 Å². The van der Waals surface area contributed by atoms with Gasteiger partial charge in [-0.3, -0.25) is 0 Å². The molecule has 2 aromatic carbocycles. The molecule has 3 rings (SSSR count). The van der Waals surface area contributed by atoms with Crippen molar-refractivity contribution in [3.8, 4) is 23.6 Å². The third kappa shape index (κ3) is 4.12. The fourth-order valence-corrected chi connectivity index (χ4v) is 3.07. The summed E-state index contributed by atoms with van der Waals surface area (Å²) in [6.45, 7) is 0. The lowest BCUT2D eigenvalue weighted by Gasteiger charge is -2.30. The van der Waals surface area contributed by atoms with Gasteiger partial charge in [0, 0.05) is 0 Å². The topological polar surface area (TPSA) is 77.0 Å². The Hall–Kier alpha value is -3.50. The Morgan fingerprint density at radius 3 is 2.58 bits per heavy atom. The van der Waals surface area contributed by atoms with Crippen LogP contribution in [0.15, 0.2) is 66.3 Å². The molecule has 2 unspecified atom stereocenters. The Balaban J connectivity index is 1.80. The van der Waals surface area contributed by atoms with Crippen molar-refractivity contribution in [2.45, 2.75) is 24.9 Å².